The SMILES string of the molecule is CCCc1cccc(C2CCCC2NCC)c1. The monoisotopic (exact) mass is 231 g/mol. The number of rotatable bonds is 5. The number of aryl methyl sites for hydroxylation is 1. The standard InChI is InChI=1S/C16H25N/c1-3-7-13-8-5-9-14(12-13)15-10-6-11-16(15)17-4-2/h5,8-9,12,15-17H,3-4,6-7,10-11H2,1-2H3. The molecule has 0 saturated heterocycles. The van der Waals surface area contributed by atoms with Crippen molar-refractivity contribution < 1.29 is 0 Å². The van der Waals surface area contributed by atoms with Gasteiger partial charge in [-0.05, 0) is 42.9 Å². The van der Waals surface area contributed by atoms with E-state index in [0.717, 1.165) is 12.5 Å². The van der Waals surface area contributed by atoms with Crippen LogP contribution in [0.2, 0.25) is 0 Å². The van der Waals surface area contributed by atoms with Gasteiger partial charge in [-0.25, -0.2) is 0 Å². The van der Waals surface area contributed by atoms with Crippen molar-refractivity contribution in [3.8, 4) is 0 Å². The third-order valence-electron chi connectivity index (χ3n) is 3.90. The van der Waals surface area contributed by atoms with E-state index in [1.54, 1.807) is 5.56 Å². The van der Waals surface area contributed by atoms with Crippen LogP contribution in [-0.4, -0.2) is 12.6 Å². The van der Waals surface area contributed by atoms with Gasteiger partial charge in [0.1, 0.15) is 0 Å². The van der Waals surface area contributed by atoms with Crippen molar-refractivity contribution >= 4 is 0 Å². The van der Waals surface area contributed by atoms with Crippen molar-refractivity contribution in [1.29, 1.82) is 0 Å². The van der Waals surface area contributed by atoms with Gasteiger partial charge in [-0.1, -0.05) is 51.0 Å². The summed E-state index contributed by atoms with van der Waals surface area (Å²) in [6.45, 7) is 5.56. The first-order valence-electron chi connectivity index (χ1n) is 7.17. The summed E-state index contributed by atoms with van der Waals surface area (Å²) < 4.78 is 0. The highest BCUT2D eigenvalue weighted by Crippen LogP contribution is 2.34. The van der Waals surface area contributed by atoms with Crippen LogP contribution in [0.15, 0.2) is 24.3 Å². The van der Waals surface area contributed by atoms with Crippen molar-refractivity contribution in [2.45, 2.75) is 57.9 Å². The van der Waals surface area contributed by atoms with Crippen molar-refractivity contribution in [2.24, 2.45) is 0 Å². The number of hydrogen-bond donors (Lipinski definition) is 1. The second kappa shape index (κ2) is 6.20. The largest absolute Gasteiger partial charge is 0.314 e. The predicted molar refractivity (Wildman–Crippen MR) is 74.5 cm³/mol. The molecule has 0 radical (unpaired) electrons. The molecule has 2 atom stereocenters. The molecular formula is C16H25N. The molecule has 0 aliphatic heterocycles. The van der Waals surface area contributed by atoms with E-state index in [2.05, 4.69) is 43.4 Å². The van der Waals surface area contributed by atoms with Gasteiger partial charge in [-0.3, -0.25) is 0 Å². The van der Waals surface area contributed by atoms with E-state index in [-0.39, 0.29) is 0 Å². The van der Waals surface area contributed by atoms with Crippen LogP contribution in [0.4, 0.5) is 0 Å². The van der Waals surface area contributed by atoms with E-state index in [9.17, 15) is 0 Å². The summed E-state index contributed by atoms with van der Waals surface area (Å²) in [5.74, 6) is 0.742. The minimum atomic E-state index is 0.705. The van der Waals surface area contributed by atoms with Gasteiger partial charge in [0.05, 0.1) is 0 Å². The lowest BCUT2D eigenvalue weighted by Gasteiger charge is -2.21. The third-order valence-corrected chi connectivity index (χ3v) is 3.90. The number of hydrogen-bond acceptors (Lipinski definition) is 1. The second-order valence-electron chi connectivity index (χ2n) is 5.20. The first kappa shape index (κ1) is 12.6. The Kier molecular flexibility index (Phi) is 4.61. The fourth-order valence-electron chi connectivity index (χ4n) is 3.13. The zero-order valence-corrected chi connectivity index (χ0v) is 11.2. The number of benzene rings is 1. The van der Waals surface area contributed by atoms with Crippen LogP contribution in [0.1, 0.15) is 56.6 Å². The topological polar surface area (TPSA) is 12.0 Å². The van der Waals surface area contributed by atoms with Gasteiger partial charge in [0.15, 0.2) is 0 Å². The van der Waals surface area contributed by atoms with Crippen molar-refractivity contribution in [1.82, 2.24) is 5.32 Å². The van der Waals surface area contributed by atoms with E-state index in [1.165, 1.54) is 37.7 Å². The Morgan fingerprint density at radius 1 is 1.24 bits per heavy atom. The molecule has 1 aliphatic rings. The van der Waals surface area contributed by atoms with E-state index in [0.29, 0.717) is 6.04 Å². The van der Waals surface area contributed by atoms with E-state index >= 15 is 0 Å². The summed E-state index contributed by atoms with van der Waals surface area (Å²) >= 11 is 0. The molecule has 2 rings (SSSR count). The lowest BCUT2D eigenvalue weighted by atomic mass is 9.92. The van der Waals surface area contributed by atoms with Crippen LogP contribution in [0.3, 0.4) is 0 Å². The molecule has 1 aromatic rings. The minimum Gasteiger partial charge on any atom is -0.314 e. The van der Waals surface area contributed by atoms with Gasteiger partial charge in [0.25, 0.3) is 0 Å². The number of likely N-dealkylation sites (N-methyl/N-ethyl adjacent to an activating group) is 1. The Morgan fingerprint density at radius 2 is 2.12 bits per heavy atom. The summed E-state index contributed by atoms with van der Waals surface area (Å²) in [5.41, 5.74) is 3.06. The Morgan fingerprint density at radius 3 is 2.88 bits per heavy atom. The Hall–Kier alpha value is -0.820. The summed E-state index contributed by atoms with van der Waals surface area (Å²) in [7, 11) is 0. The highest BCUT2D eigenvalue weighted by Gasteiger charge is 2.27. The van der Waals surface area contributed by atoms with Gasteiger partial charge in [-0.15, -0.1) is 0 Å². The molecule has 0 aromatic heterocycles. The maximum atomic E-state index is 3.64. The third kappa shape index (κ3) is 3.10. The van der Waals surface area contributed by atoms with Gasteiger partial charge >= 0.3 is 0 Å². The van der Waals surface area contributed by atoms with E-state index < -0.39 is 0 Å². The van der Waals surface area contributed by atoms with Crippen LogP contribution in [0.5, 0.6) is 0 Å². The highest BCUT2D eigenvalue weighted by atomic mass is 14.9. The Balaban J connectivity index is 2.12. The molecule has 1 aromatic carbocycles. The Bertz CT molecular complexity index is 345. The molecule has 0 heterocycles. The van der Waals surface area contributed by atoms with Crippen LogP contribution in [-0.2, 0) is 6.42 Å². The van der Waals surface area contributed by atoms with Gasteiger partial charge in [0.2, 0.25) is 0 Å². The molecule has 0 spiro atoms. The predicted octanol–water partition coefficient (Wildman–Crippen LogP) is 3.88. The zero-order chi connectivity index (χ0) is 12.1. The van der Waals surface area contributed by atoms with Gasteiger partial charge in [0, 0.05) is 6.04 Å². The van der Waals surface area contributed by atoms with E-state index in [4.69, 9.17) is 0 Å². The normalized spacial score (nSPS) is 24.1. The molecule has 0 bridgehead atoms. The maximum absolute atomic E-state index is 3.64. The van der Waals surface area contributed by atoms with Crippen LogP contribution >= 0.6 is 0 Å². The lowest BCUT2D eigenvalue weighted by molar-refractivity contribution is 0.492. The molecule has 94 valence electrons. The van der Waals surface area contributed by atoms with Gasteiger partial charge < -0.3 is 5.32 Å². The molecule has 1 aliphatic carbocycles. The molecule has 1 nitrogen and oxygen atoms in total. The zero-order valence-electron chi connectivity index (χ0n) is 11.2. The molecule has 1 heteroatoms. The lowest BCUT2D eigenvalue weighted by Crippen LogP contribution is -2.30. The average molecular weight is 231 g/mol. The fraction of sp³-hybridized carbons (Fsp3) is 0.625. The molecular weight excluding hydrogens is 206 g/mol. The first-order valence-corrected chi connectivity index (χ1v) is 7.17. The first-order chi connectivity index (χ1) is 8.35. The molecule has 0 amide bonds. The van der Waals surface area contributed by atoms with Gasteiger partial charge in [-0.2, -0.15) is 0 Å². The smallest absolute Gasteiger partial charge is 0.0136 e. The highest BCUT2D eigenvalue weighted by molar-refractivity contribution is 5.28. The summed E-state index contributed by atoms with van der Waals surface area (Å²) in [4.78, 5) is 0. The van der Waals surface area contributed by atoms with Crippen LogP contribution < -0.4 is 5.32 Å². The van der Waals surface area contributed by atoms with Crippen LogP contribution in [0, 0.1) is 0 Å². The van der Waals surface area contributed by atoms with Crippen LogP contribution in [0.25, 0.3) is 0 Å². The molecule has 1 saturated carbocycles. The van der Waals surface area contributed by atoms with E-state index in [1.807, 2.05) is 0 Å². The Labute approximate surface area is 106 Å². The second-order valence-corrected chi connectivity index (χ2v) is 5.20. The summed E-state index contributed by atoms with van der Waals surface area (Å²) in [5, 5.41) is 3.64. The number of nitrogens with one attached hydrogen (secondary N) is 1. The minimum absolute atomic E-state index is 0.705. The van der Waals surface area contributed by atoms with Crippen molar-refractivity contribution in [2.75, 3.05) is 6.54 Å². The molecule has 17 heavy (non-hydrogen) atoms. The van der Waals surface area contributed by atoms with Crippen molar-refractivity contribution in [3.63, 3.8) is 0 Å². The molecule has 1 N–H and O–H groups in total. The van der Waals surface area contributed by atoms with Crippen molar-refractivity contribution in [3.05, 3.63) is 35.4 Å². The molecule has 1 fully saturated rings. The maximum Gasteiger partial charge on any atom is 0.0136 e. The summed E-state index contributed by atoms with van der Waals surface area (Å²) in [6, 6.07) is 9.96. The molecule has 2 unspecified atom stereocenters. The quantitative estimate of drug-likeness (QED) is 0.811. The summed E-state index contributed by atoms with van der Waals surface area (Å²) in [6.07, 6.45) is 6.53. The fourth-order valence-corrected chi connectivity index (χ4v) is 3.13. The average Bonchev–Trinajstić information content (AvgIpc) is 2.79.